The first-order chi connectivity index (χ1) is 16.7. The zero-order chi connectivity index (χ0) is 25.3. The Morgan fingerprint density at radius 1 is 1.37 bits per heavy atom. The molecule has 3 N–H and O–H groups in total. The first kappa shape index (κ1) is 24.9. The lowest BCUT2D eigenvalue weighted by atomic mass is 10.1. The zero-order valence-corrected chi connectivity index (χ0v) is 20.7. The SMILES string of the molecule is COC[C@H]1COCCN1C(=O)/C=C/c1c(C)[nH]n2c(=O)c(C(=O)NC3CC3)c(O)[n+](CC(C)C)c12. The summed E-state index contributed by atoms with van der Waals surface area (Å²) in [6, 6.07) is -0.141. The van der Waals surface area contributed by atoms with Crippen molar-refractivity contribution in [1.82, 2.24) is 19.8 Å². The molecule has 190 valence electrons. The van der Waals surface area contributed by atoms with E-state index in [1.165, 1.54) is 10.6 Å². The Kier molecular flexibility index (Phi) is 7.27. The van der Waals surface area contributed by atoms with Crippen LogP contribution in [0.1, 0.15) is 48.3 Å². The zero-order valence-electron chi connectivity index (χ0n) is 20.7. The number of aryl methyl sites for hydroxylation is 1. The van der Waals surface area contributed by atoms with Crippen LogP contribution in [-0.4, -0.2) is 77.0 Å². The van der Waals surface area contributed by atoms with Gasteiger partial charge in [0.2, 0.25) is 11.5 Å². The summed E-state index contributed by atoms with van der Waals surface area (Å²) in [6.45, 7) is 7.78. The number of nitrogens with zero attached hydrogens (tertiary/aromatic N) is 3. The molecule has 0 spiro atoms. The summed E-state index contributed by atoms with van der Waals surface area (Å²) in [5.74, 6) is -1.05. The maximum absolute atomic E-state index is 13.3. The number of nitrogens with one attached hydrogen (secondary N) is 2. The van der Waals surface area contributed by atoms with Gasteiger partial charge in [0.1, 0.15) is 0 Å². The molecule has 2 aliphatic rings. The van der Waals surface area contributed by atoms with Crippen LogP contribution in [0, 0.1) is 12.8 Å². The summed E-state index contributed by atoms with van der Waals surface area (Å²) in [7, 11) is 1.58. The summed E-state index contributed by atoms with van der Waals surface area (Å²) < 4.78 is 13.5. The molecule has 1 saturated heterocycles. The fourth-order valence-electron chi connectivity index (χ4n) is 4.37. The van der Waals surface area contributed by atoms with Gasteiger partial charge in [-0.15, -0.1) is 0 Å². The van der Waals surface area contributed by atoms with Gasteiger partial charge in [-0.25, -0.2) is 9.89 Å². The number of hydrogen-bond donors (Lipinski definition) is 3. The average molecular weight is 489 g/mol. The number of fused-ring (bicyclic) bond motifs is 1. The van der Waals surface area contributed by atoms with Crippen LogP contribution in [0.25, 0.3) is 11.7 Å². The first-order valence-corrected chi connectivity index (χ1v) is 12.0. The van der Waals surface area contributed by atoms with Gasteiger partial charge >= 0.3 is 17.1 Å². The highest BCUT2D eigenvalue weighted by Gasteiger charge is 2.35. The van der Waals surface area contributed by atoms with Gasteiger partial charge in [0.05, 0.1) is 43.7 Å². The van der Waals surface area contributed by atoms with Gasteiger partial charge in [0.25, 0.3) is 5.91 Å². The van der Waals surface area contributed by atoms with Crippen molar-refractivity contribution in [2.75, 3.05) is 33.5 Å². The molecule has 35 heavy (non-hydrogen) atoms. The van der Waals surface area contributed by atoms with Crippen molar-refractivity contribution in [2.45, 2.75) is 52.2 Å². The molecule has 4 rings (SSSR count). The molecule has 3 heterocycles. The van der Waals surface area contributed by atoms with Gasteiger partial charge in [-0.2, -0.15) is 4.57 Å². The lowest BCUT2D eigenvalue weighted by Gasteiger charge is -2.34. The van der Waals surface area contributed by atoms with E-state index in [-0.39, 0.29) is 35.4 Å². The number of carbonyl (C=O) groups excluding carboxylic acids is 2. The second-order valence-electron chi connectivity index (χ2n) is 9.61. The highest BCUT2D eigenvalue weighted by atomic mass is 16.5. The van der Waals surface area contributed by atoms with Gasteiger partial charge in [-0.3, -0.25) is 9.59 Å². The van der Waals surface area contributed by atoms with Crippen LogP contribution in [0.3, 0.4) is 0 Å². The smallest absolute Gasteiger partial charge is 0.378 e. The molecule has 11 nitrogen and oxygen atoms in total. The average Bonchev–Trinajstić information content (AvgIpc) is 3.56. The van der Waals surface area contributed by atoms with E-state index in [0.29, 0.717) is 49.8 Å². The predicted octanol–water partition coefficient (Wildman–Crippen LogP) is 0.364. The monoisotopic (exact) mass is 488 g/mol. The number of ether oxygens (including phenoxy) is 2. The molecule has 0 unspecified atom stereocenters. The Hall–Kier alpha value is -3.18. The molecule has 0 bridgehead atoms. The molecule has 1 saturated carbocycles. The largest absolute Gasteiger partial charge is 0.477 e. The first-order valence-electron chi connectivity index (χ1n) is 12.0. The number of carbonyl (C=O) groups is 2. The molecule has 0 radical (unpaired) electrons. The fraction of sp³-hybridized carbons (Fsp3) is 0.583. The summed E-state index contributed by atoms with van der Waals surface area (Å²) >= 11 is 0. The fourth-order valence-corrected chi connectivity index (χ4v) is 4.37. The second-order valence-corrected chi connectivity index (χ2v) is 9.61. The number of aromatic nitrogens is 3. The standard InChI is InChI=1S/C24H33N5O6/c1-14(2)11-28-22-18(7-8-19(30)27-9-10-35-13-17(27)12-34-4)15(3)26-29(22)24(33)20(23(28)32)21(31)25-16-5-6-16/h7-8,14,16-17H,5-6,9-13H2,1-4H3,(H2,25,31,32,33)/p+1/b8-7+/t17-/m0/s1. The maximum atomic E-state index is 13.3. The number of rotatable bonds is 8. The van der Waals surface area contributed by atoms with Gasteiger partial charge in [0.15, 0.2) is 0 Å². The Bertz CT molecular complexity index is 1210. The molecule has 2 aromatic heterocycles. The van der Waals surface area contributed by atoms with Crippen LogP contribution in [0.4, 0.5) is 0 Å². The third-order valence-corrected chi connectivity index (χ3v) is 6.24. The van der Waals surface area contributed by atoms with Crippen molar-refractivity contribution < 1.29 is 28.7 Å². The van der Waals surface area contributed by atoms with Crippen LogP contribution in [-0.2, 0) is 20.8 Å². The quantitative estimate of drug-likeness (QED) is 0.364. The van der Waals surface area contributed by atoms with E-state index in [2.05, 4.69) is 10.4 Å². The van der Waals surface area contributed by atoms with Crippen LogP contribution < -0.4 is 15.4 Å². The molecule has 1 aliphatic heterocycles. The molecular formula is C24H34N5O6+. The Morgan fingerprint density at radius 2 is 2.11 bits per heavy atom. The van der Waals surface area contributed by atoms with Crippen LogP contribution in [0.2, 0.25) is 0 Å². The van der Waals surface area contributed by atoms with Crippen LogP contribution in [0.5, 0.6) is 5.88 Å². The number of hydrogen-bond acceptors (Lipinski definition) is 6. The maximum Gasteiger partial charge on any atom is 0.378 e. The van der Waals surface area contributed by atoms with E-state index in [0.717, 1.165) is 12.8 Å². The summed E-state index contributed by atoms with van der Waals surface area (Å²) in [5.41, 5.74) is 0.660. The highest BCUT2D eigenvalue weighted by Crippen LogP contribution is 2.22. The van der Waals surface area contributed by atoms with Gasteiger partial charge in [0, 0.05) is 25.8 Å². The molecule has 2 amide bonds. The minimum Gasteiger partial charge on any atom is -0.477 e. The topological polar surface area (TPSA) is 129 Å². The van der Waals surface area contributed by atoms with Crippen LogP contribution >= 0.6 is 0 Å². The third-order valence-electron chi connectivity index (χ3n) is 6.24. The molecule has 11 heteroatoms. The van der Waals surface area contributed by atoms with E-state index in [4.69, 9.17) is 9.47 Å². The van der Waals surface area contributed by atoms with E-state index in [1.54, 1.807) is 29.6 Å². The molecule has 2 fully saturated rings. The van der Waals surface area contributed by atoms with Gasteiger partial charge in [-0.05, 0) is 31.8 Å². The van der Waals surface area contributed by atoms with Crippen LogP contribution in [0.15, 0.2) is 10.9 Å². The van der Waals surface area contributed by atoms with Gasteiger partial charge < -0.3 is 24.8 Å². The third kappa shape index (κ3) is 5.10. The number of H-pyrrole nitrogens is 1. The Balaban J connectivity index is 1.77. The van der Waals surface area contributed by atoms with E-state index in [9.17, 15) is 19.5 Å². The van der Waals surface area contributed by atoms with Crippen molar-refractivity contribution in [1.29, 1.82) is 0 Å². The lowest BCUT2D eigenvalue weighted by molar-refractivity contribution is -0.686. The summed E-state index contributed by atoms with van der Waals surface area (Å²) in [6.07, 6.45) is 4.82. The van der Waals surface area contributed by atoms with E-state index in [1.807, 2.05) is 13.8 Å². The number of amides is 2. The molecule has 1 atom stereocenters. The van der Waals surface area contributed by atoms with E-state index >= 15 is 0 Å². The normalized spacial score (nSPS) is 18.7. The minimum atomic E-state index is -0.641. The molecule has 0 aromatic carbocycles. The number of aromatic amines is 1. The molecular weight excluding hydrogens is 454 g/mol. The van der Waals surface area contributed by atoms with Crippen molar-refractivity contribution >= 4 is 23.5 Å². The second kappa shape index (κ2) is 10.2. The highest BCUT2D eigenvalue weighted by molar-refractivity contribution is 5.96. The Morgan fingerprint density at radius 3 is 2.77 bits per heavy atom. The number of aromatic hydroxyl groups is 1. The van der Waals surface area contributed by atoms with Crippen molar-refractivity contribution in [3.8, 4) is 5.88 Å². The number of methoxy groups -OCH3 is 1. The summed E-state index contributed by atoms with van der Waals surface area (Å²) in [5, 5.41) is 16.9. The lowest BCUT2D eigenvalue weighted by Crippen LogP contribution is -2.50. The summed E-state index contributed by atoms with van der Waals surface area (Å²) in [4.78, 5) is 40.8. The van der Waals surface area contributed by atoms with Crippen molar-refractivity contribution in [2.24, 2.45) is 5.92 Å². The molecule has 2 aromatic rings. The van der Waals surface area contributed by atoms with E-state index < -0.39 is 11.5 Å². The molecule has 1 aliphatic carbocycles. The predicted molar refractivity (Wildman–Crippen MR) is 127 cm³/mol. The van der Waals surface area contributed by atoms with Gasteiger partial charge in [-0.1, -0.05) is 18.4 Å². The number of morpholine rings is 1. The van der Waals surface area contributed by atoms with Crippen molar-refractivity contribution in [3.63, 3.8) is 0 Å². The van der Waals surface area contributed by atoms with Crippen molar-refractivity contribution in [3.05, 3.63) is 33.3 Å². The Labute approximate surface area is 203 Å². The minimum absolute atomic E-state index is 0.0394.